The van der Waals surface area contributed by atoms with Gasteiger partial charge in [0, 0.05) is 18.5 Å². The molecule has 0 aliphatic carbocycles. The lowest BCUT2D eigenvalue weighted by molar-refractivity contribution is -0.137. The minimum absolute atomic E-state index is 0.134. The molecule has 1 saturated heterocycles. The van der Waals surface area contributed by atoms with Crippen molar-refractivity contribution >= 4 is 16.8 Å². The van der Waals surface area contributed by atoms with Crippen molar-refractivity contribution in [1.29, 1.82) is 0 Å². The number of aromatic nitrogens is 2. The number of rotatable bonds is 2. The number of ether oxygens (including phenoxy) is 1. The molecule has 2 aromatic rings. The monoisotopic (exact) mass is 325 g/mol. The second-order valence-electron chi connectivity index (χ2n) is 6.90. The van der Waals surface area contributed by atoms with E-state index in [2.05, 4.69) is 18.1 Å². The molecule has 0 unspecified atom stereocenters. The topological polar surface area (TPSA) is 47.4 Å². The van der Waals surface area contributed by atoms with Crippen molar-refractivity contribution in [3.05, 3.63) is 42.1 Å². The van der Waals surface area contributed by atoms with Gasteiger partial charge in [0.05, 0.1) is 23.9 Å². The number of carbonyl (C=O) groups excluding carboxylic acids is 1. The van der Waals surface area contributed by atoms with Crippen LogP contribution in [0.3, 0.4) is 0 Å². The molecule has 2 aliphatic rings. The molecule has 0 atom stereocenters. The lowest BCUT2D eigenvalue weighted by Crippen LogP contribution is -2.49. The van der Waals surface area contributed by atoms with E-state index in [9.17, 15) is 4.79 Å². The molecule has 2 aliphatic heterocycles. The molecule has 5 heteroatoms. The molecule has 1 spiro atoms. The summed E-state index contributed by atoms with van der Waals surface area (Å²) >= 11 is 0. The van der Waals surface area contributed by atoms with Crippen LogP contribution in [0.5, 0.6) is 0 Å². The van der Waals surface area contributed by atoms with Crippen LogP contribution in [0.15, 0.2) is 42.1 Å². The number of benzene rings is 1. The van der Waals surface area contributed by atoms with Gasteiger partial charge in [-0.05, 0) is 32.3 Å². The Bertz CT molecular complexity index is 785. The number of nitrogens with zero attached hydrogens (tertiary/aromatic N) is 3. The van der Waals surface area contributed by atoms with Gasteiger partial charge in [0.2, 0.25) is 5.91 Å². The third-order valence-corrected chi connectivity index (χ3v) is 5.19. The average Bonchev–Trinajstić information content (AvgIpc) is 2.98. The molecule has 1 aromatic heterocycles. The quantitative estimate of drug-likeness (QED) is 0.798. The SMILES string of the molecule is CC1=CC2(CCN(C(=O)Cn3ncc4ccccc43)CC2)OCC1. The molecular formula is C19H23N3O2. The van der Waals surface area contributed by atoms with Crippen LogP contribution >= 0.6 is 0 Å². The van der Waals surface area contributed by atoms with E-state index >= 15 is 0 Å². The Morgan fingerprint density at radius 2 is 2.08 bits per heavy atom. The zero-order valence-corrected chi connectivity index (χ0v) is 14.1. The number of carbonyl (C=O) groups is 1. The van der Waals surface area contributed by atoms with Crippen molar-refractivity contribution in [3.8, 4) is 0 Å². The molecule has 4 rings (SSSR count). The van der Waals surface area contributed by atoms with Crippen LogP contribution in [-0.2, 0) is 16.1 Å². The molecule has 0 N–H and O–H groups in total. The predicted octanol–water partition coefficient (Wildman–Crippen LogP) is 2.76. The molecule has 126 valence electrons. The standard InChI is InChI=1S/C19H23N3O2/c1-15-6-11-24-19(12-15)7-9-21(10-8-19)18(23)14-22-17-5-3-2-4-16(17)13-20-22/h2-5,12-13H,6-11,14H2,1H3. The maximum atomic E-state index is 12.7. The zero-order valence-electron chi connectivity index (χ0n) is 14.1. The van der Waals surface area contributed by atoms with Crippen molar-refractivity contribution in [3.63, 3.8) is 0 Å². The van der Waals surface area contributed by atoms with Crippen LogP contribution in [0.2, 0.25) is 0 Å². The molecule has 24 heavy (non-hydrogen) atoms. The van der Waals surface area contributed by atoms with Crippen LogP contribution < -0.4 is 0 Å². The number of hydrogen-bond donors (Lipinski definition) is 0. The first-order valence-electron chi connectivity index (χ1n) is 8.66. The van der Waals surface area contributed by atoms with Crippen molar-refractivity contribution in [2.75, 3.05) is 19.7 Å². The van der Waals surface area contributed by atoms with E-state index in [0.717, 1.165) is 49.9 Å². The second-order valence-corrected chi connectivity index (χ2v) is 6.90. The highest BCUT2D eigenvalue weighted by Crippen LogP contribution is 2.33. The van der Waals surface area contributed by atoms with Crippen LogP contribution in [0.1, 0.15) is 26.2 Å². The van der Waals surface area contributed by atoms with Crippen molar-refractivity contribution in [1.82, 2.24) is 14.7 Å². The largest absolute Gasteiger partial charge is 0.370 e. The summed E-state index contributed by atoms with van der Waals surface area (Å²) in [5.74, 6) is 0.134. The molecule has 0 radical (unpaired) electrons. The molecule has 3 heterocycles. The fourth-order valence-corrected chi connectivity index (χ4v) is 3.78. The Labute approximate surface area is 141 Å². The Kier molecular flexibility index (Phi) is 3.88. The first-order valence-corrected chi connectivity index (χ1v) is 8.66. The number of para-hydroxylation sites is 1. The zero-order chi connectivity index (χ0) is 16.6. The summed E-state index contributed by atoms with van der Waals surface area (Å²) in [7, 11) is 0. The summed E-state index contributed by atoms with van der Waals surface area (Å²) in [6, 6.07) is 7.98. The van der Waals surface area contributed by atoms with E-state index in [0.29, 0.717) is 6.54 Å². The van der Waals surface area contributed by atoms with Crippen LogP contribution in [0, 0.1) is 0 Å². The molecule has 1 amide bonds. The van der Waals surface area contributed by atoms with Gasteiger partial charge in [0.15, 0.2) is 0 Å². The van der Waals surface area contributed by atoms with Gasteiger partial charge in [-0.3, -0.25) is 9.48 Å². The second kappa shape index (κ2) is 6.06. The fourth-order valence-electron chi connectivity index (χ4n) is 3.78. The van der Waals surface area contributed by atoms with Gasteiger partial charge in [-0.2, -0.15) is 5.10 Å². The molecule has 1 fully saturated rings. The van der Waals surface area contributed by atoms with Crippen molar-refractivity contribution in [2.24, 2.45) is 0 Å². The highest BCUT2D eigenvalue weighted by molar-refractivity contribution is 5.82. The highest BCUT2D eigenvalue weighted by Gasteiger charge is 2.36. The van der Waals surface area contributed by atoms with E-state index in [4.69, 9.17) is 4.74 Å². The summed E-state index contributed by atoms with van der Waals surface area (Å²) < 4.78 is 7.83. The lowest BCUT2D eigenvalue weighted by atomic mass is 9.87. The number of likely N-dealkylation sites (tertiary alicyclic amines) is 1. The molecule has 5 nitrogen and oxygen atoms in total. The number of piperidine rings is 1. The summed E-state index contributed by atoms with van der Waals surface area (Å²) in [6.07, 6.45) is 6.89. The number of fused-ring (bicyclic) bond motifs is 1. The van der Waals surface area contributed by atoms with E-state index < -0.39 is 0 Å². The van der Waals surface area contributed by atoms with E-state index in [1.165, 1.54) is 5.57 Å². The maximum absolute atomic E-state index is 12.7. The van der Waals surface area contributed by atoms with E-state index in [1.807, 2.05) is 35.4 Å². The van der Waals surface area contributed by atoms with Gasteiger partial charge >= 0.3 is 0 Å². The van der Waals surface area contributed by atoms with Crippen LogP contribution in [0.25, 0.3) is 10.9 Å². The predicted molar refractivity (Wildman–Crippen MR) is 92.6 cm³/mol. The molecular weight excluding hydrogens is 302 g/mol. The third kappa shape index (κ3) is 2.84. The summed E-state index contributed by atoms with van der Waals surface area (Å²) in [5.41, 5.74) is 2.27. The average molecular weight is 325 g/mol. The Morgan fingerprint density at radius 1 is 1.29 bits per heavy atom. The number of amides is 1. The summed E-state index contributed by atoms with van der Waals surface area (Å²) in [5, 5.41) is 5.43. The van der Waals surface area contributed by atoms with Gasteiger partial charge in [0.1, 0.15) is 6.54 Å². The van der Waals surface area contributed by atoms with Crippen molar-refractivity contribution in [2.45, 2.75) is 38.3 Å². The van der Waals surface area contributed by atoms with Gasteiger partial charge in [0.25, 0.3) is 0 Å². The maximum Gasteiger partial charge on any atom is 0.244 e. The van der Waals surface area contributed by atoms with Gasteiger partial charge in [-0.15, -0.1) is 0 Å². The lowest BCUT2D eigenvalue weighted by Gasteiger charge is -2.42. The Balaban J connectivity index is 1.42. The minimum atomic E-state index is -0.141. The molecule has 1 aromatic carbocycles. The van der Waals surface area contributed by atoms with Crippen LogP contribution in [0.4, 0.5) is 0 Å². The fraction of sp³-hybridized carbons (Fsp3) is 0.474. The molecule has 0 bridgehead atoms. The first-order chi connectivity index (χ1) is 11.7. The van der Waals surface area contributed by atoms with E-state index in [1.54, 1.807) is 4.68 Å². The highest BCUT2D eigenvalue weighted by atomic mass is 16.5. The van der Waals surface area contributed by atoms with Crippen LogP contribution in [-0.4, -0.2) is 45.9 Å². The summed E-state index contributed by atoms with van der Waals surface area (Å²) in [6.45, 7) is 4.78. The van der Waals surface area contributed by atoms with E-state index in [-0.39, 0.29) is 11.5 Å². The Morgan fingerprint density at radius 3 is 2.88 bits per heavy atom. The Hall–Kier alpha value is -2.14. The first kappa shape index (κ1) is 15.4. The van der Waals surface area contributed by atoms with Gasteiger partial charge < -0.3 is 9.64 Å². The number of hydrogen-bond acceptors (Lipinski definition) is 3. The van der Waals surface area contributed by atoms with Crippen molar-refractivity contribution < 1.29 is 9.53 Å². The smallest absolute Gasteiger partial charge is 0.244 e. The third-order valence-electron chi connectivity index (χ3n) is 5.19. The minimum Gasteiger partial charge on any atom is -0.370 e. The summed E-state index contributed by atoms with van der Waals surface area (Å²) in [4.78, 5) is 14.6. The normalized spacial score (nSPS) is 20.4. The van der Waals surface area contributed by atoms with Gasteiger partial charge in [-0.25, -0.2) is 0 Å². The molecule has 0 saturated carbocycles. The van der Waals surface area contributed by atoms with Gasteiger partial charge in [-0.1, -0.05) is 29.8 Å².